The Labute approximate surface area is 71.8 Å². The Morgan fingerprint density at radius 2 is 2.00 bits per heavy atom. The lowest BCUT2D eigenvalue weighted by atomic mass is 10.2. The standard InChI is InChI=1S/C8H13N3O/c1-5-6(2)10-7(4-12-3)11-8(5)9/h4H2,1-3H3,(H2,9,10,11). The summed E-state index contributed by atoms with van der Waals surface area (Å²) in [5.41, 5.74) is 7.50. The summed E-state index contributed by atoms with van der Waals surface area (Å²) in [6, 6.07) is 0. The van der Waals surface area contributed by atoms with Crippen LogP contribution < -0.4 is 5.73 Å². The smallest absolute Gasteiger partial charge is 0.156 e. The highest BCUT2D eigenvalue weighted by atomic mass is 16.5. The summed E-state index contributed by atoms with van der Waals surface area (Å²) in [5, 5.41) is 0. The maximum atomic E-state index is 5.65. The van der Waals surface area contributed by atoms with Crippen LogP contribution in [0.4, 0.5) is 5.82 Å². The summed E-state index contributed by atoms with van der Waals surface area (Å²) < 4.78 is 4.90. The summed E-state index contributed by atoms with van der Waals surface area (Å²) in [6.07, 6.45) is 0. The zero-order valence-corrected chi connectivity index (χ0v) is 7.59. The number of anilines is 1. The molecule has 0 bridgehead atoms. The molecule has 4 heteroatoms. The molecule has 0 aliphatic rings. The molecule has 1 aromatic heterocycles. The van der Waals surface area contributed by atoms with Gasteiger partial charge in [0.05, 0.1) is 0 Å². The van der Waals surface area contributed by atoms with Crippen molar-refractivity contribution in [3.8, 4) is 0 Å². The fourth-order valence-corrected chi connectivity index (χ4v) is 0.904. The Morgan fingerprint density at radius 1 is 1.33 bits per heavy atom. The molecular formula is C8H13N3O. The molecule has 1 heterocycles. The van der Waals surface area contributed by atoms with Gasteiger partial charge in [0.1, 0.15) is 12.4 Å². The van der Waals surface area contributed by atoms with E-state index in [1.54, 1.807) is 7.11 Å². The van der Waals surface area contributed by atoms with Gasteiger partial charge in [-0.1, -0.05) is 0 Å². The highest BCUT2D eigenvalue weighted by Gasteiger charge is 2.03. The normalized spacial score (nSPS) is 10.2. The molecule has 1 rings (SSSR count). The Kier molecular flexibility index (Phi) is 2.60. The first-order valence-corrected chi connectivity index (χ1v) is 3.73. The molecule has 0 aromatic carbocycles. The number of rotatable bonds is 2. The van der Waals surface area contributed by atoms with Gasteiger partial charge in [-0.3, -0.25) is 0 Å². The molecule has 0 aliphatic carbocycles. The zero-order valence-electron chi connectivity index (χ0n) is 7.59. The average molecular weight is 167 g/mol. The first-order chi connectivity index (χ1) is 5.65. The second kappa shape index (κ2) is 3.49. The summed E-state index contributed by atoms with van der Waals surface area (Å²) in [7, 11) is 1.61. The van der Waals surface area contributed by atoms with Crippen molar-refractivity contribution in [3.05, 3.63) is 17.1 Å². The van der Waals surface area contributed by atoms with Crippen molar-refractivity contribution >= 4 is 5.82 Å². The van der Waals surface area contributed by atoms with Crippen molar-refractivity contribution < 1.29 is 4.74 Å². The maximum absolute atomic E-state index is 5.65. The molecule has 4 nitrogen and oxygen atoms in total. The molecule has 0 saturated heterocycles. The number of aryl methyl sites for hydroxylation is 1. The monoisotopic (exact) mass is 167 g/mol. The third-order valence-electron chi connectivity index (χ3n) is 1.75. The van der Waals surface area contributed by atoms with Gasteiger partial charge in [0.25, 0.3) is 0 Å². The lowest BCUT2D eigenvalue weighted by Gasteiger charge is -2.05. The van der Waals surface area contributed by atoms with E-state index in [9.17, 15) is 0 Å². The highest BCUT2D eigenvalue weighted by Crippen LogP contribution is 2.10. The molecule has 0 amide bonds. The first kappa shape index (κ1) is 8.93. The highest BCUT2D eigenvalue weighted by molar-refractivity contribution is 5.40. The number of nitrogens with two attached hydrogens (primary N) is 1. The summed E-state index contributed by atoms with van der Waals surface area (Å²) in [4.78, 5) is 8.27. The van der Waals surface area contributed by atoms with Crippen LogP contribution in [-0.4, -0.2) is 17.1 Å². The van der Waals surface area contributed by atoms with Crippen molar-refractivity contribution in [2.24, 2.45) is 0 Å². The minimum absolute atomic E-state index is 0.408. The van der Waals surface area contributed by atoms with E-state index in [2.05, 4.69) is 9.97 Å². The van der Waals surface area contributed by atoms with Crippen molar-refractivity contribution in [2.45, 2.75) is 20.5 Å². The van der Waals surface area contributed by atoms with E-state index in [-0.39, 0.29) is 0 Å². The lowest BCUT2D eigenvalue weighted by molar-refractivity contribution is 0.177. The van der Waals surface area contributed by atoms with E-state index < -0.39 is 0 Å². The van der Waals surface area contributed by atoms with Gasteiger partial charge < -0.3 is 10.5 Å². The predicted molar refractivity (Wildman–Crippen MR) is 46.6 cm³/mol. The van der Waals surface area contributed by atoms with Gasteiger partial charge in [-0.05, 0) is 13.8 Å². The Balaban J connectivity index is 3.04. The summed E-state index contributed by atoms with van der Waals surface area (Å²) in [5.74, 6) is 1.17. The molecule has 0 fully saturated rings. The van der Waals surface area contributed by atoms with Crippen LogP contribution in [0.3, 0.4) is 0 Å². The molecular weight excluding hydrogens is 154 g/mol. The summed E-state index contributed by atoms with van der Waals surface area (Å²) >= 11 is 0. The van der Waals surface area contributed by atoms with Crippen molar-refractivity contribution in [1.29, 1.82) is 0 Å². The quantitative estimate of drug-likeness (QED) is 0.708. The van der Waals surface area contributed by atoms with Gasteiger partial charge in [0.15, 0.2) is 5.82 Å². The lowest BCUT2D eigenvalue weighted by Crippen LogP contribution is -2.05. The minimum Gasteiger partial charge on any atom is -0.383 e. The van der Waals surface area contributed by atoms with Crippen LogP contribution in [-0.2, 0) is 11.3 Å². The molecule has 0 unspecified atom stereocenters. The first-order valence-electron chi connectivity index (χ1n) is 3.73. The van der Waals surface area contributed by atoms with Crippen molar-refractivity contribution in [1.82, 2.24) is 9.97 Å². The minimum atomic E-state index is 0.408. The SMILES string of the molecule is COCc1nc(C)c(C)c(N)n1. The van der Waals surface area contributed by atoms with Crippen LogP contribution in [0.25, 0.3) is 0 Å². The van der Waals surface area contributed by atoms with Crippen LogP contribution in [0, 0.1) is 13.8 Å². The molecule has 66 valence electrons. The fourth-order valence-electron chi connectivity index (χ4n) is 0.904. The van der Waals surface area contributed by atoms with Gasteiger partial charge in [-0.2, -0.15) is 0 Å². The van der Waals surface area contributed by atoms with Gasteiger partial charge in [-0.25, -0.2) is 9.97 Å². The largest absolute Gasteiger partial charge is 0.383 e. The number of nitrogens with zero attached hydrogens (tertiary/aromatic N) is 2. The molecule has 2 N–H and O–H groups in total. The molecule has 0 radical (unpaired) electrons. The molecule has 0 aliphatic heterocycles. The zero-order chi connectivity index (χ0) is 9.14. The van der Waals surface area contributed by atoms with E-state index in [0.717, 1.165) is 11.3 Å². The van der Waals surface area contributed by atoms with Gasteiger partial charge in [-0.15, -0.1) is 0 Å². The number of ether oxygens (including phenoxy) is 1. The summed E-state index contributed by atoms with van der Waals surface area (Å²) in [6.45, 7) is 4.22. The van der Waals surface area contributed by atoms with Crippen LogP contribution in [0.1, 0.15) is 17.1 Å². The van der Waals surface area contributed by atoms with Crippen LogP contribution >= 0.6 is 0 Å². The number of hydrogen-bond acceptors (Lipinski definition) is 4. The number of nitrogen functional groups attached to an aromatic ring is 1. The van der Waals surface area contributed by atoms with Crippen LogP contribution in [0.5, 0.6) is 0 Å². The second-order valence-electron chi connectivity index (χ2n) is 2.67. The Morgan fingerprint density at radius 3 is 2.50 bits per heavy atom. The molecule has 0 spiro atoms. The number of hydrogen-bond donors (Lipinski definition) is 1. The maximum Gasteiger partial charge on any atom is 0.156 e. The van der Waals surface area contributed by atoms with Crippen molar-refractivity contribution in [2.75, 3.05) is 12.8 Å². The van der Waals surface area contributed by atoms with Crippen LogP contribution in [0.15, 0.2) is 0 Å². The Bertz CT molecular complexity index is 263. The molecule has 0 atom stereocenters. The second-order valence-corrected chi connectivity index (χ2v) is 2.67. The Hall–Kier alpha value is -1.16. The van der Waals surface area contributed by atoms with E-state index in [4.69, 9.17) is 10.5 Å². The molecule has 1 aromatic rings. The van der Waals surface area contributed by atoms with E-state index in [1.807, 2.05) is 13.8 Å². The number of aromatic nitrogens is 2. The third-order valence-corrected chi connectivity index (χ3v) is 1.75. The topological polar surface area (TPSA) is 61.0 Å². The van der Waals surface area contributed by atoms with E-state index >= 15 is 0 Å². The molecule has 0 saturated carbocycles. The van der Waals surface area contributed by atoms with E-state index in [1.165, 1.54) is 0 Å². The van der Waals surface area contributed by atoms with Gasteiger partial charge in [0, 0.05) is 18.4 Å². The van der Waals surface area contributed by atoms with Crippen LogP contribution in [0.2, 0.25) is 0 Å². The van der Waals surface area contributed by atoms with E-state index in [0.29, 0.717) is 18.2 Å². The van der Waals surface area contributed by atoms with Crippen molar-refractivity contribution in [3.63, 3.8) is 0 Å². The number of methoxy groups -OCH3 is 1. The fraction of sp³-hybridized carbons (Fsp3) is 0.500. The molecule has 12 heavy (non-hydrogen) atoms. The average Bonchev–Trinajstić information content (AvgIpc) is 2.01. The van der Waals surface area contributed by atoms with Gasteiger partial charge in [0.2, 0.25) is 0 Å². The predicted octanol–water partition coefficient (Wildman–Crippen LogP) is 0.822. The third kappa shape index (κ3) is 1.71. The van der Waals surface area contributed by atoms with Gasteiger partial charge >= 0.3 is 0 Å².